The van der Waals surface area contributed by atoms with Gasteiger partial charge < -0.3 is 4.74 Å². The molecule has 1 aromatic heterocycles. The summed E-state index contributed by atoms with van der Waals surface area (Å²) in [7, 11) is 1.73. The number of ether oxygens (including phenoxy) is 1. The standard InChI is InChI=1S/C17H22N2O/c1-11(2)16-10-18-13(4)19-17(16)15-8-6-7-14(9-15)12(3)20-5/h6-12H,1-5H3/t12-/m1/s1. The van der Waals surface area contributed by atoms with Gasteiger partial charge in [-0.25, -0.2) is 9.97 Å². The van der Waals surface area contributed by atoms with Crippen LogP contribution in [0.2, 0.25) is 0 Å². The van der Waals surface area contributed by atoms with Crippen molar-refractivity contribution in [1.82, 2.24) is 9.97 Å². The van der Waals surface area contributed by atoms with E-state index in [1.807, 2.05) is 20.0 Å². The van der Waals surface area contributed by atoms with Gasteiger partial charge in [-0.2, -0.15) is 0 Å². The second kappa shape index (κ2) is 6.14. The lowest BCUT2D eigenvalue weighted by atomic mass is 9.97. The zero-order valence-corrected chi connectivity index (χ0v) is 12.8. The Hall–Kier alpha value is -1.74. The topological polar surface area (TPSA) is 35.0 Å². The van der Waals surface area contributed by atoms with E-state index in [0.29, 0.717) is 5.92 Å². The van der Waals surface area contributed by atoms with Crippen molar-refractivity contribution in [2.24, 2.45) is 0 Å². The van der Waals surface area contributed by atoms with Crippen LogP contribution in [0, 0.1) is 6.92 Å². The average Bonchev–Trinajstić information content (AvgIpc) is 2.46. The van der Waals surface area contributed by atoms with Gasteiger partial charge in [-0.05, 0) is 37.0 Å². The molecule has 20 heavy (non-hydrogen) atoms. The van der Waals surface area contributed by atoms with Crippen LogP contribution in [-0.2, 0) is 4.74 Å². The van der Waals surface area contributed by atoms with Gasteiger partial charge in [0, 0.05) is 18.9 Å². The zero-order valence-electron chi connectivity index (χ0n) is 12.8. The number of aromatic nitrogens is 2. The molecular formula is C17H22N2O. The molecule has 0 radical (unpaired) electrons. The summed E-state index contributed by atoms with van der Waals surface area (Å²) in [5.74, 6) is 1.20. The summed E-state index contributed by atoms with van der Waals surface area (Å²) in [6.45, 7) is 8.31. The van der Waals surface area contributed by atoms with E-state index in [4.69, 9.17) is 4.74 Å². The fourth-order valence-electron chi connectivity index (χ4n) is 2.21. The van der Waals surface area contributed by atoms with Gasteiger partial charge in [0.25, 0.3) is 0 Å². The molecule has 0 aliphatic carbocycles. The van der Waals surface area contributed by atoms with Crippen molar-refractivity contribution in [3.63, 3.8) is 0 Å². The van der Waals surface area contributed by atoms with Crippen LogP contribution in [-0.4, -0.2) is 17.1 Å². The molecule has 0 aliphatic rings. The monoisotopic (exact) mass is 270 g/mol. The highest BCUT2D eigenvalue weighted by molar-refractivity contribution is 5.64. The number of hydrogen-bond acceptors (Lipinski definition) is 3. The van der Waals surface area contributed by atoms with Gasteiger partial charge in [0.05, 0.1) is 11.8 Å². The van der Waals surface area contributed by atoms with Crippen LogP contribution in [0.1, 0.15) is 49.7 Å². The maximum Gasteiger partial charge on any atom is 0.125 e. The third-order valence-corrected chi connectivity index (χ3v) is 3.54. The molecule has 0 saturated heterocycles. The number of methoxy groups -OCH3 is 1. The predicted molar refractivity (Wildman–Crippen MR) is 81.7 cm³/mol. The Morgan fingerprint density at radius 1 is 1.15 bits per heavy atom. The van der Waals surface area contributed by atoms with Gasteiger partial charge in [0.15, 0.2) is 0 Å². The highest BCUT2D eigenvalue weighted by Gasteiger charge is 2.13. The van der Waals surface area contributed by atoms with Gasteiger partial charge in [0.1, 0.15) is 5.82 Å². The highest BCUT2D eigenvalue weighted by atomic mass is 16.5. The Morgan fingerprint density at radius 3 is 2.55 bits per heavy atom. The first-order valence-electron chi connectivity index (χ1n) is 6.99. The Kier molecular flexibility index (Phi) is 4.50. The SMILES string of the molecule is CO[C@H](C)c1cccc(-c2nc(C)ncc2C(C)C)c1. The molecule has 0 bridgehead atoms. The van der Waals surface area contributed by atoms with Crippen molar-refractivity contribution in [1.29, 1.82) is 0 Å². The van der Waals surface area contributed by atoms with Gasteiger partial charge in [-0.15, -0.1) is 0 Å². The number of benzene rings is 1. The molecule has 1 atom stereocenters. The maximum atomic E-state index is 5.40. The quantitative estimate of drug-likeness (QED) is 0.831. The molecular weight excluding hydrogens is 248 g/mol. The first-order valence-corrected chi connectivity index (χ1v) is 6.99. The molecule has 0 spiro atoms. The van der Waals surface area contributed by atoms with Gasteiger partial charge in [-0.3, -0.25) is 0 Å². The van der Waals surface area contributed by atoms with E-state index in [2.05, 4.69) is 48.1 Å². The van der Waals surface area contributed by atoms with E-state index in [9.17, 15) is 0 Å². The minimum atomic E-state index is 0.0837. The van der Waals surface area contributed by atoms with Gasteiger partial charge in [0.2, 0.25) is 0 Å². The lowest BCUT2D eigenvalue weighted by molar-refractivity contribution is 0.119. The minimum Gasteiger partial charge on any atom is -0.377 e. The predicted octanol–water partition coefficient (Wildman–Crippen LogP) is 4.28. The normalized spacial score (nSPS) is 12.7. The van der Waals surface area contributed by atoms with Crippen LogP contribution in [0.25, 0.3) is 11.3 Å². The minimum absolute atomic E-state index is 0.0837. The molecule has 0 amide bonds. The molecule has 3 heteroatoms. The summed E-state index contributed by atoms with van der Waals surface area (Å²) in [6.07, 6.45) is 2.02. The van der Waals surface area contributed by atoms with Crippen LogP contribution in [0.3, 0.4) is 0 Å². The molecule has 1 aromatic carbocycles. The highest BCUT2D eigenvalue weighted by Crippen LogP contribution is 2.29. The molecule has 1 heterocycles. The van der Waals surface area contributed by atoms with Crippen molar-refractivity contribution in [3.8, 4) is 11.3 Å². The third kappa shape index (κ3) is 3.05. The first kappa shape index (κ1) is 14.7. The van der Waals surface area contributed by atoms with Crippen molar-refractivity contribution in [2.75, 3.05) is 7.11 Å². The number of hydrogen-bond donors (Lipinski definition) is 0. The van der Waals surface area contributed by atoms with E-state index in [1.165, 1.54) is 5.56 Å². The van der Waals surface area contributed by atoms with Crippen molar-refractivity contribution < 1.29 is 4.74 Å². The summed E-state index contributed by atoms with van der Waals surface area (Å²) < 4.78 is 5.40. The lowest BCUT2D eigenvalue weighted by Crippen LogP contribution is -2.01. The van der Waals surface area contributed by atoms with E-state index >= 15 is 0 Å². The Bertz CT molecular complexity index is 593. The summed E-state index contributed by atoms with van der Waals surface area (Å²) in [6, 6.07) is 8.39. The Labute approximate surface area is 121 Å². The molecule has 0 aliphatic heterocycles. The van der Waals surface area contributed by atoms with E-state index in [1.54, 1.807) is 7.11 Å². The first-order chi connectivity index (χ1) is 9.52. The van der Waals surface area contributed by atoms with Crippen LogP contribution in [0.4, 0.5) is 0 Å². The average molecular weight is 270 g/mol. The molecule has 0 saturated carbocycles. The zero-order chi connectivity index (χ0) is 14.7. The van der Waals surface area contributed by atoms with Crippen LogP contribution in [0.5, 0.6) is 0 Å². The second-order valence-corrected chi connectivity index (χ2v) is 5.38. The summed E-state index contributed by atoms with van der Waals surface area (Å²) in [5, 5.41) is 0. The van der Waals surface area contributed by atoms with E-state index in [0.717, 1.165) is 22.6 Å². The fraction of sp³-hybridized carbons (Fsp3) is 0.412. The summed E-state index contributed by atoms with van der Waals surface area (Å²) in [5.41, 5.74) is 4.49. The smallest absolute Gasteiger partial charge is 0.125 e. The van der Waals surface area contributed by atoms with Crippen LogP contribution >= 0.6 is 0 Å². The summed E-state index contributed by atoms with van der Waals surface area (Å²) >= 11 is 0. The molecule has 3 nitrogen and oxygen atoms in total. The van der Waals surface area contributed by atoms with Gasteiger partial charge >= 0.3 is 0 Å². The molecule has 106 valence electrons. The number of aryl methyl sites for hydroxylation is 1. The summed E-state index contributed by atoms with van der Waals surface area (Å²) in [4.78, 5) is 8.96. The van der Waals surface area contributed by atoms with E-state index < -0.39 is 0 Å². The Balaban J connectivity index is 2.53. The molecule has 2 aromatic rings. The van der Waals surface area contributed by atoms with Crippen molar-refractivity contribution in [3.05, 3.63) is 47.4 Å². The van der Waals surface area contributed by atoms with Crippen molar-refractivity contribution in [2.45, 2.75) is 39.7 Å². The molecule has 2 rings (SSSR count). The van der Waals surface area contributed by atoms with Crippen molar-refractivity contribution >= 4 is 0 Å². The lowest BCUT2D eigenvalue weighted by Gasteiger charge is -2.15. The van der Waals surface area contributed by atoms with Crippen LogP contribution < -0.4 is 0 Å². The molecule has 0 N–H and O–H groups in total. The maximum absolute atomic E-state index is 5.40. The molecule has 0 unspecified atom stereocenters. The second-order valence-electron chi connectivity index (χ2n) is 5.38. The molecule has 0 fully saturated rings. The number of rotatable bonds is 4. The van der Waals surface area contributed by atoms with Crippen LogP contribution in [0.15, 0.2) is 30.5 Å². The Morgan fingerprint density at radius 2 is 1.90 bits per heavy atom. The fourth-order valence-corrected chi connectivity index (χ4v) is 2.21. The van der Waals surface area contributed by atoms with E-state index in [-0.39, 0.29) is 6.10 Å². The van der Waals surface area contributed by atoms with Gasteiger partial charge in [-0.1, -0.05) is 32.0 Å². The third-order valence-electron chi connectivity index (χ3n) is 3.54. The largest absolute Gasteiger partial charge is 0.377 e. The number of nitrogens with zero attached hydrogens (tertiary/aromatic N) is 2.